The van der Waals surface area contributed by atoms with Crippen LogP contribution in [-0.4, -0.2) is 34.7 Å². The molecule has 0 aliphatic carbocycles. The van der Waals surface area contributed by atoms with Gasteiger partial charge in [-0.2, -0.15) is 0 Å². The third kappa shape index (κ3) is 5.19. The average molecular weight is 388 g/mol. The molecule has 0 unspecified atom stereocenters. The van der Waals surface area contributed by atoms with Crippen LogP contribution in [0.1, 0.15) is 31.1 Å². The highest BCUT2D eigenvalue weighted by Gasteiger charge is 2.26. The zero-order valence-corrected chi connectivity index (χ0v) is 15.8. The molecule has 0 fully saturated rings. The van der Waals surface area contributed by atoms with Gasteiger partial charge in [-0.3, -0.25) is 15.0 Å². The summed E-state index contributed by atoms with van der Waals surface area (Å²) in [5.41, 5.74) is -0.956. The highest BCUT2D eigenvalue weighted by atomic mass is 16.6. The molecular weight excluding hydrogens is 368 g/mol. The second-order valence-corrected chi connectivity index (χ2v) is 6.88. The smallest absolute Gasteiger partial charge is 0.414 e. The van der Waals surface area contributed by atoms with Crippen molar-refractivity contribution in [2.75, 3.05) is 11.9 Å². The van der Waals surface area contributed by atoms with E-state index in [1.807, 2.05) is 0 Å². The van der Waals surface area contributed by atoms with Gasteiger partial charge in [-0.1, -0.05) is 0 Å². The van der Waals surface area contributed by atoms with Crippen LogP contribution in [0.5, 0.6) is 11.5 Å². The van der Waals surface area contributed by atoms with Gasteiger partial charge in [0.05, 0.1) is 10.5 Å². The second kappa shape index (κ2) is 7.95. The summed E-state index contributed by atoms with van der Waals surface area (Å²) in [5.74, 6) is -0.494. The zero-order valence-electron chi connectivity index (χ0n) is 15.8. The molecule has 2 aromatic carbocycles. The fraction of sp³-hybridized carbons (Fsp3) is 0.263. The molecule has 0 bridgehead atoms. The third-order valence-electron chi connectivity index (χ3n) is 3.51. The summed E-state index contributed by atoms with van der Waals surface area (Å²) in [5, 5.41) is 20.3. The van der Waals surface area contributed by atoms with E-state index in [9.17, 15) is 19.7 Å². The minimum absolute atomic E-state index is 0.00101. The highest BCUT2D eigenvalue weighted by Crippen LogP contribution is 2.34. The van der Waals surface area contributed by atoms with E-state index in [0.29, 0.717) is 5.75 Å². The molecule has 0 heterocycles. The Morgan fingerprint density at radius 2 is 1.64 bits per heavy atom. The maximum Gasteiger partial charge on any atom is 0.414 e. The number of hydrogen-bond acceptors (Lipinski definition) is 6. The van der Waals surface area contributed by atoms with Crippen LogP contribution in [0, 0.1) is 10.1 Å². The van der Waals surface area contributed by atoms with Gasteiger partial charge < -0.3 is 14.6 Å². The van der Waals surface area contributed by atoms with Gasteiger partial charge in [0.25, 0.3) is 5.69 Å². The first-order valence-electron chi connectivity index (χ1n) is 8.24. The molecule has 1 N–H and O–H groups in total. The predicted molar refractivity (Wildman–Crippen MR) is 101 cm³/mol. The SMILES string of the molecule is CN(C(=O)OC(C)(C)C)c1cc(Oc2ccc(C(=O)O)cc2)ccc1[N+](=O)[O-]. The summed E-state index contributed by atoms with van der Waals surface area (Å²) < 4.78 is 10.9. The van der Waals surface area contributed by atoms with Crippen molar-refractivity contribution >= 4 is 23.4 Å². The van der Waals surface area contributed by atoms with Crippen molar-refractivity contribution in [3.05, 3.63) is 58.1 Å². The summed E-state index contributed by atoms with van der Waals surface area (Å²) in [6.45, 7) is 5.06. The summed E-state index contributed by atoms with van der Waals surface area (Å²) in [7, 11) is 1.36. The lowest BCUT2D eigenvalue weighted by molar-refractivity contribution is -0.384. The van der Waals surface area contributed by atoms with Gasteiger partial charge in [0.2, 0.25) is 0 Å². The Morgan fingerprint density at radius 1 is 1.07 bits per heavy atom. The maximum atomic E-state index is 12.3. The standard InChI is InChI=1S/C19H20N2O7/c1-19(2,3)28-18(24)20(4)16-11-14(9-10-15(16)21(25)26)27-13-7-5-12(6-8-13)17(22)23/h5-11H,1-4H3,(H,22,23). The van der Waals surface area contributed by atoms with Gasteiger partial charge in [-0.25, -0.2) is 9.59 Å². The lowest BCUT2D eigenvalue weighted by Crippen LogP contribution is -2.34. The molecule has 1 amide bonds. The van der Waals surface area contributed by atoms with Crippen LogP contribution < -0.4 is 9.64 Å². The number of rotatable bonds is 5. The zero-order chi connectivity index (χ0) is 21.1. The topological polar surface area (TPSA) is 119 Å². The van der Waals surface area contributed by atoms with Crippen molar-refractivity contribution in [3.8, 4) is 11.5 Å². The van der Waals surface area contributed by atoms with Crippen LogP contribution >= 0.6 is 0 Å². The lowest BCUT2D eigenvalue weighted by atomic mass is 10.2. The number of carboxylic acids is 1. The minimum atomic E-state index is -1.07. The number of nitrogens with zero attached hydrogens (tertiary/aromatic N) is 2. The van der Waals surface area contributed by atoms with Crippen molar-refractivity contribution in [2.45, 2.75) is 26.4 Å². The van der Waals surface area contributed by atoms with E-state index in [1.165, 1.54) is 49.5 Å². The van der Waals surface area contributed by atoms with Crippen molar-refractivity contribution in [3.63, 3.8) is 0 Å². The number of amides is 1. The molecule has 2 aromatic rings. The fourth-order valence-electron chi connectivity index (χ4n) is 2.22. The Labute approximate surface area is 161 Å². The molecule has 28 heavy (non-hydrogen) atoms. The van der Waals surface area contributed by atoms with Crippen molar-refractivity contribution in [1.29, 1.82) is 0 Å². The largest absolute Gasteiger partial charge is 0.478 e. The molecule has 0 saturated heterocycles. The molecule has 0 aliphatic rings. The third-order valence-corrected chi connectivity index (χ3v) is 3.51. The Morgan fingerprint density at radius 3 is 2.14 bits per heavy atom. The normalized spacial score (nSPS) is 10.9. The molecule has 0 saturated carbocycles. The van der Waals surface area contributed by atoms with E-state index in [2.05, 4.69) is 0 Å². The van der Waals surface area contributed by atoms with Crippen LogP contribution in [0.3, 0.4) is 0 Å². The number of carbonyl (C=O) groups is 2. The molecule has 0 aromatic heterocycles. The van der Waals surface area contributed by atoms with E-state index in [-0.39, 0.29) is 22.7 Å². The van der Waals surface area contributed by atoms with Gasteiger partial charge in [-0.15, -0.1) is 0 Å². The Hall–Kier alpha value is -3.62. The summed E-state index contributed by atoms with van der Waals surface area (Å²) in [6, 6.07) is 9.61. The molecule has 2 rings (SSSR count). The van der Waals surface area contributed by atoms with Gasteiger partial charge in [-0.05, 0) is 51.1 Å². The molecule has 148 valence electrons. The minimum Gasteiger partial charge on any atom is -0.478 e. The summed E-state index contributed by atoms with van der Waals surface area (Å²) >= 11 is 0. The van der Waals surface area contributed by atoms with Crippen LogP contribution in [0.15, 0.2) is 42.5 Å². The molecule has 9 heteroatoms. The molecular formula is C19H20N2O7. The first-order chi connectivity index (χ1) is 13.0. The highest BCUT2D eigenvalue weighted by molar-refractivity contribution is 5.90. The molecule has 0 radical (unpaired) electrons. The molecule has 9 nitrogen and oxygen atoms in total. The van der Waals surface area contributed by atoms with E-state index in [4.69, 9.17) is 14.6 Å². The van der Waals surface area contributed by atoms with Crippen LogP contribution in [0.4, 0.5) is 16.2 Å². The fourth-order valence-corrected chi connectivity index (χ4v) is 2.22. The van der Waals surface area contributed by atoms with E-state index < -0.39 is 22.6 Å². The average Bonchev–Trinajstić information content (AvgIpc) is 2.59. The second-order valence-electron chi connectivity index (χ2n) is 6.88. The first kappa shape index (κ1) is 20.7. The quantitative estimate of drug-likeness (QED) is 0.593. The molecule has 0 aliphatic heterocycles. The number of aromatic carboxylic acids is 1. The lowest BCUT2D eigenvalue weighted by Gasteiger charge is -2.24. The Bertz CT molecular complexity index is 901. The summed E-state index contributed by atoms with van der Waals surface area (Å²) in [6.07, 6.45) is -0.751. The number of hydrogen-bond donors (Lipinski definition) is 1. The van der Waals surface area contributed by atoms with Crippen molar-refractivity contribution in [1.82, 2.24) is 0 Å². The number of carbonyl (C=O) groups excluding carboxylic acids is 1. The molecule has 0 atom stereocenters. The van der Waals surface area contributed by atoms with Crippen LogP contribution in [0.25, 0.3) is 0 Å². The maximum absolute atomic E-state index is 12.3. The molecule has 0 spiro atoms. The van der Waals surface area contributed by atoms with E-state index >= 15 is 0 Å². The number of nitro groups is 1. The van der Waals surface area contributed by atoms with Crippen LogP contribution in [-0.2, 0) is 4.74 Å². The van der Waals surface area contributed by atoms with Gasteiger partial charge >= 0.3 is 12.1 Å². The number of ether oxygens (including phenoxy) is 2. The number of anilines is 1. The van der Waals surface area contributed by atoms with E-state index in [1.54, 1.807) is 20.8 Å². The van der Waals surface area contributed by atoms with Crippen molar-refractivity contribution < 1.29 is 29.1 Å². The predicted octanol–water partition coefficient (Wildman–Crippen LogP) is 4.46. The van der Waals surface area contributed by atoms with Crippen molar-refractivity contribution in [2.24, 2.45) is 0 Å². The number of carboxylic acid groups (broad SMARTS) is 1. The monoisotopic (exact) mass is 388 g/mol. The van der Waals surface area contributed by atoms with Gasteiger partial charge in [0, 0.05) is 19.2 Å². The number of nitro benzene ring substituents is 1. The first-order valence-corrected chi connectivity index (χ1v) is 8.24. The number of benzene rings is 2. The van der Waals surface area contributed by atoms with Crippen LogP contribution in [0.2, 0.25) is 0 Å². The Balaban J connectivity index is 2.33. The Kier molecular flexibility index (Phi) is 5.87. The van der Waals surface area contributed by atoms with E-state index in [0.717, 1.165) is 4.90 Å². The van der Waals surface area contributed by atoms with Gasteiger partial charge in [0.1, 0.15) is 22.8 Å². The van der Waals surface area contributed by atoms with Gasteiger partial charge in [0.15, 0.2) is 0 Å². The summed E-state index contributed by atoms with van der Waals surface area (Å²) in [4.78, 5) is 34.9.